The number of halogens is 4. The molecule has 2 aromatic rings. The number of carboxylic acid groups (broad SMARTS) is 1. The van der Waals surface area contributed by atoms with Gasteiger partial charge in [0.2, 0.25) is 0 Å². The van der Waals surface area contributed by atoms with Gasteiger partial charge in [0.05, 0.1) is 13.1 Å². The third-order valence-corrected chi connectivity index (χ3v) is 2.85. The number of carbonyl (C=O) groups is 1. The molecule has 0 spiro atoms. The van der Waals surface area contributed by atoms with Gasteiger partial charge in [-0.2, -0.15) is 0 Å². The lowest BCUT2D eigenvalue weighted by Gasteiger charge is -2.14. The molecule has 0 amide bonds. The van der Waals surface area contributed by atoms with Crippen molar-refractivity contribution in [2.45, 2.75) is 0 Å². The number of rotatable bonds is 3. The van der Waals surface area contributed by atoms with Gasteiger partial charge in [0.15, 0.2) is 23.3 Å². The van der Waals surface area contributed by atoms with Crippen LogP contribution >= 0.6 is 0 Å². The number of ether oxygens (including phenoxy) is 1. The van der Waals surface area contributed by atoms with Crippen molar-refractivity contribution in [3.05, 3.63) is 53.1 Å². The quantitative estimate of drug-likeness (QED) is 0.496. The predicted octanol–water partition coefficient (Wildman–Crippen LogP) is 2.28. The monoisotopic (exact) mass is 299 g/mol. The zero-order chi connectivity index (χ0) is 15.7. The number of benzene rings is 2. The van der Waals surface area contributed by atoms with E-state index in [4.69, 9.17) is 4.74 Å². The van der Waals surface area contributed by atoms with Gasteiger partial charge in [0.25, 0.3) is 0 Å². The maximum atomic E-state index is 13.8. The summed E-state index contributed by atoms with van der Waals surface area (Å²) >= 11 is 0. The fraction of sp³-hybridized carbons (Fsp3) is 0.0714. The van der Waals surface area contributed by atoms with Crippen molar-refractivity contribution in [2.75, 3.05) is 7.11 Å². The van der Waals surface area contributed by atoms with Crippen LogP contribution in [-0.4, -0.2) is 13.1 Å². The van der Waals surface area contributed by atoms with Crippen molar-refractivity contribution in [1.29, 1.82) is 0 Å². The van der Waals surface area contributed by atoms with Crippen LogP contribution in [0.2, 0.25) is 0 Å². The first-order valence-corrected chi connectivity index (χ1v) is 5.60. The number of carbonyl (C=O) groups excluding carboxylic acids is 1. The van der Waals surface area contributed by atoms with Crippen molar-refractivity contribution in [3.8, 4) is 16.9 Å². The fourth-order valence-corrected chi connectivity index (χ4v) is 1.85. The fourth-order valence-electron chi connectivity index (χ4n) is 1.85. The second-order valence-electron chi connectivity index (χ2n) is 4.02. The molecule has 0 aromatic heterocycles. The summed E-state index contributed by atoms with van der Waals surface area (Å²) in [4.78, 5) is 10.9. The molecular formula is C14H7F4O3-. The molecule has 0 fully saturated rings. The van der Waals surface area contributed by atoms with E-state index >= 15 is 0 Å². The second kappa shape index (κ2) is 5.43. The maximum absolute atomic E-state index is 13.8. The predicted molar refractivity (Wildman–Crippen MR) is 62.6 cm³/mol. The first-order valence-electron chi connectivity index (χ1n) is 5.60. The van der Waals surface area contributed by atoms with Crippen LogP contribution < -0.4 is 9.84 Å². The lowest BCUT2D eigenvalue weighted by molar-refractivity contribution is -0.255. The molecule has 2 aromatic carbocycles. The summed E-state index contributed by atoms with van der Waals surface area (Å²) in [5.41, 5.74) is -2.46. The number of carboxylic acids is 1. The average Bonchev–Trinajstić information content (AvgIpc) is 2.48. The Morgan fingerprint density at radius 3 is 1.95 bits per heavy atom. The minimum Gasteiger partial charge on any atom is -0.545 e. The molecule has 0 atom stereocenters. The zero-order valence-electron chi connectivity index (χ0n) is 10.5. The Kier molecular flexibility index (Phi) is 3.84. The second-order valence-corrected chi connectivity index (χ2v) is 4.02. The molecule has 0 radical (unpaired) electrons. The van der Waals surface area contributed by atoms with Gasteiger partial charge in [-0.05, 0) is 17.7 Å². The Hall–Kier alpha value is -2.57. The standard InChI is InChI=1S/C14H8F4O3/c1-21-7-4-2-6(3-5-7)8-9(14(19)20)11(16)13(18)12(17)10(8)15/h2-5H,1H3,(H,19,20)/p-1. The van der Waals surface area contributed by atoms with Gasteiger partial charge in [-0.1, -0.05) is 12.1 Å². The molecule has 2 rings (SSSR count). The normalized spacial score (nSPS) is 10.5. The van der Waals surface area contributed by atoms with Crippen LogP contribution in [0.25, 0.3) is 11.1 Å². The van der Waals surface area contributed by atoms with Gasteiger partial charge in [-0.3, -0.25) is 0 Å². The third kappa shape index (κ3) is 2.42. The maximum Gasteiger partial charge on any atom is 0.198 e. The van der Waals surface area contributed by atoms with E-state index in [-0.39, 0.29) is 5.56 Å². The van der Waals surface area contributed by atoms with E-state index in [0.717, 1.165) is 0 Å². The summed E-state index contributed by atoms with van der Waals surface area (Å²) in [6.45, 7) is 0. The van der Waals surface area contributed by atoms with Crippen molar-refractivity contribution >= 4 is 5.97 Å². The molecule has 0 bridgehead atoms. The number of hydrogen-bond donors (Lipinski definition) is 0. The first-order chi connectivity index (χ1) is 9.88. The van der Waals surface area contributed by atoms with E-state index in [9.17, 15) is 27.5 Å². The molecule has 110 valence electrons. The Morgan fingerprint density at radius 2 is 1.48 bits per heavy atom. The molecule has 21 heavy (non-hydrogen) atoms. The molecule has 0 unspecified atom stereocenters. The van der Waals surface area contributed by atoms with E-state index < -0.39 is 40.4 Å². The molecule has 3 nitrogen and oxygen atoms in total. The van der Waals surface area contributed by atoms with Crippen LogP contribution in [0.5, 0.6) is 5.75 Å². The van der Waals surface area contributed by atoms with Gasteiger partial charge in [-0.15, -0.1) is 0 Å². The Labute approximate surface area is 116 Å². The van der Waals surface area contributed by atoms with Crippen molar-refractivity contribution in [2.24, 2.45) is 0 Å². The van der Waals surface area contributed by atoms with Crippen LogP contribution in [0, 0.1) is 23.3 Å². The summed E-state index contributed by atoms with van der Waals surface area (Å²) in [7, 11) is 1.36. The summed E-state index contributed by atoms with van der Waals surface area (Å²) < 4.78 is 58.7. The average molecular weight is 299 g/mol. The number of aromatic carboxylic acids is 1. The molecule has 0 aliphatic carbocycles. The van der Waals surface area contributed by atoms with Gasteiger partial charge in [0.1, 0.15) is 5.75 Å². The highest BCUT2D eigenvalue weighted by Crippen LogP contribution is 2.33. The van der Waals surface area contributed by atoms with Crippen LogP contribution in [0.15, 0.2) is 24.3 Å². The summed E-state index contributed by atoms with van der Waals surface area (Å²) in [5.74, 6) is -9.92. The Balaban J connectivity index is 2.80. The SMILES string of the molecule is COc1ccc(-c2c(F)c(F)c(F)c(F)c2C(=O)[O-])cc1. The molecular weight excluding hydrogens is 292 g/mol. The van der Waals surface area contributed by atoms with E-state index in [0.29, 0.717) is 5.75 Å². The van der Waals surface area contributed by atoms with Gasteiger partial charge in [-0.25, -0.2) is 17.6 Å². The van der Waals surface area contributed by atoms with E-state index in [1.165, 1.54) is 31.4 Å². The Morgan fingerprint density at radius 1 is 0.952 bits per heavy atom. The highest BCUT2D eigenvalue weighted by atomic mass is 19.2. The smallest absolute Gasteiger partial charge is 0.198 e. The lowest BCUT2D eigenvalue weighted by Crippen LogP contribution is -2.26. The van der Waals surface area contributed by atoms with Crippen LogP contribution in [-0.2, 0) is 0 Å². The van der Waals surface area contributed by atoms with Crippen LogP contribution in [0.3, 0.4) is 0 Å². The Bertz CT molecular complexity index is 711. The van der Waals surface area contributed by atoms with E-state index in [2.05, 4.69) is 0 Å². The van der Waals surface area contributed by atoms with Crippen molar-refractivity contribution in [1.82, 2.24) is 0 Å². The van der Waals surface area contributed by atoms with Gasteiger partial charge >= 0.3 is 0 Å². The zero-order valence-corrected chi connectivity index (χ0v) is 10.5. The molecule has 0 heterocycles. The number of methoxy groups -OCH3 is 1. The minimum atomic E-state index is -2.20. The topological polar surface area (TPSA) is 49.4 Å². The van der Waals surface area contributed by atoms with E-state index in [1.807, 2.05) is 0 Å². The largest absolute Gasteiger partial charge is 0.545 e. The molecule has 0 saturated heterocycles. The van der Waals surface area contributed by atoms with E-state index in [1.54, 1.807) is 0 Å². The molecule has 0 N–H and O–H groups in total. The lowest BCUT2D eigenvalue weighted by atomic mass is 9.97. The summed E-state index contributed by atoms with van der Waals surface area (Å²) in [6, 6.07) is 5.01. The van der Waals surface area contributed by atoms with Crippen LogP contribution in [0.4, 0.5) is 17.6 Å². The van der Waals surface area contributed by atoms with Crippen molar-refractivity contribution in [3.63, 3.8) is 0 Å². The molecule has 0 aliphatic rings. The summed E-state index contributed by atoms with van der Waals surface area (Å²) in [5, 5.41) is 10.9. The molecule has 7 heteroatoms. The highest BCUT2D eigenvalue weighted by molar-refractivity contribution is 5.95. The number of hydrogen-bond acceptors (Lipinski definition) is 3. The van der Waals surface area contributed by atoms with Crippen molar-refractivity contribution < 1.29 is 32.2 Å². The first kappa shape index (κ1) is 14.8. The molecule has 0 saturated carbocycles. The third-order valence-electron chi connectivity index (χ3n) is 2.85. The minimum absolute atomic E-state index is 0.162. The molecule has 0 aliphatic heterocycles. The van der Waals surface area contributed by atoms with Gasteiger partial charge in [0, 0.05) is 11.1 Å². The summed E-state index contributed by atoms with van der Waals surface area (Å²) in [6.07, 6.45) is 0. The van der Waals surface area contributed by atoms with Crippen LogP contribution in [0.1, 0.15) is 10.4 Å². The highest BCUT2D eigenvalue weighted by Gasteiger charge is 2.26. The van der Waals surface area contributed by atoms with Gasteiger partial charge < -0.3 is 14.6 Å².